The molecule has 0 spiro atoms. The Morgan fingerprint density at radius 2 is 2.18 bits per heavy atom. The van der Waals surface area contributed by atoms with Crippen molar-refractivity contribution in [1.82, 2.24) is 4.98 Å². The van der Waals surface area contributed by atoms with E-state index < -0.39 is 0 Å². The largest absolute Gasteiger partial charge is 0.478 e. The Bertz CT molecular complexity index is 174. The summed E-state index contributed by atoms with van der Waals surface area (Å²) in [7, 11) is 0. The fraction of sp³-hybridized carbons (Fsp3) is 0.222. The number of nitrogens with zero attached hydrogens (tertiary/aromatic N) is 1. The van der Waals surface area contributed by atoms with Crippen LogP contribution in [-0.2, 0) is 0 Å². The third-order valence-electron chi connectivity index (χ3n) is 0.930. The third-order valence-corrected chi connectivity index (χ3v) is 0.930. The number of aromatic nitrogens is 1. The minimum Gasteiger partial charge on any atom is -0.478 e. The van der Waals surface area contributed by atoms with Crippen LogP contribution in [0.2, 0.25) is 0 Å². The molecule has 0 aliphatic rings. The molecule has 60 valence electrons. The topological polar surface area (TPSA) is 22.1 Å². The highest BCUT2D eigenvalue weighted by atomic mass is 16.5. The Morgan fingerprint density at radius 3 is 2.64 bits per heavy atom. The smallest absolute Gasteiger partial charge is 0.213 e. The molecule has 0 N–H and O–H groups in total. The molecule has 0 aliphatic carbocycles. The first kappa shape index (κ1) is 9.69. The first-order valence-electron chi connectivity index (χ1n) is 3.47. The zero-order valence-electron chi connectivity index (χ0n) is 6.79. The first-order chi connectivity index (χ1) is 5.43. The van der Waals surface area contributed by atoms with Gasteiger partial charge in [0.15, 0.2) is 0 Å². The van der Waals surface area contributed by atoms with Crippen LogP contribution >= 0.6 is 0 Å². The lowest BCUT2D eigenvalue weighted by molar-refractivity contribution is 0.327. The molecular weight excluding hydrogens is 138 g/mol. The van der Waals surface area contributed by atoms with Gasteiger partial charge in [0.25, 0.3) is 0 Å². The van der Waals surface area contributed by atoms with Crippen LogP contribution in [0, 0.1) is 0 Å². The molecule has 0 amide bonds. The maximum Gasteiger partial charge on any atom is 0.213 e. The van der Waals surface area contributed by atoms with E-state index in [4.69, 9.17) is 4.74 Å². The molecule has 0 bridgehead atoms. The highest BCUT2D eigenvalue weighted by Crippen LogP contribution is 2.01. The van der Waals surface area contributed by atoms with E-state index in [1.54, 1.807) is 6.20 Å². The Balaban J connectivity index is 0.000000461. The lowest BCUT2D eigenvalue weighted by Crippen LogP contribution is -1.92. The van der Waals surface area contributed by atoms with E-state index in [2.05, 4.69) is 18.1 Å². The average molecular weight is 151 g/mol. The van der Waals surface area contributed by atoms with E-state index in [-0.39, 0.29) is 0 Å². The number of hydrogen-bond donors (Lipinski definition) is 0. The summed E-state index contributed by atoms with van der Waals surface area (Å²) in [5, 5.41) is 0. The number of pyridine rings is 1. The molecule has 1 rings (SSSR count). The molecule has 0 saturated carbocycles. The van der Waals surface area contributed by atoms with Crippen molar-refractivity contribution in [3.8, 4) is 5.88 Å². The van der Waals surface area contributed by atoms with Crippen molar-refractivity contribution in [1.29, 1.82) is 0 Å². The van der Waals surface area contributed by atoms with Gasteiger partial charge in [0, 0.05) is 12.3 Å². The summed E-state index contributed by atoms with van der Waals surface area (Å²) in [4.78, 5) is 3.95. The SMILES string of the molecule is C=C.CCOc1ccccn1. The van der Waals surface area contributed by atoms with Crippen molar-refractivity contribution >= 4 is 0 Å². The van der Waals surface area contributed by atoms with Crippen LogP contribution in [0.4, 0.5) is 0 Å². The summed E-state index contributed by atoms with van der Waals surface area (Å²) >= 11 is 0. The molecule has 0 aliphatic heterocycles. The predicted molar refractivity (Wildman–Crippen MR) is 46.7 cm³/mol. The van der Waals surface area contributed by atoms with Gasteiger partial charge in [-0.1, -0.05) is 6.07 Å². The van der Waals surface area contributed by atoms with Crippen LogP contribution in [0.25, 0.3) is 0 Å². The number of rotatable bonds is 2. The average Bonchev–Trinajstić information content (AvgIpc) is 2.11. The van der Waals surface area contributed by atoms with E-state index in [9.17, 15) is 0 Å². The minimum atomic E-state index is 0.678. The number of ether oxygens (including phenoxy) is 1. The summed E-state index contributed by atoms with van der Waals surface area (Å²) in [6.45, 7) is 8.62. The second-order valence-electron chi connectivity index (χ2n) is 1.60. The fourth-order valence-electron chi connectivity index (χ4n) is 0.580. The van der Waals surface area contributed by atoms with Crippen LogP contribution < -0.4 is 4.74 Å². The standard InChI is InChI=1S/C7H9NO.C2H4/c1-2-9-7-5-3-4-6-8-7;1-2/h3-6H,2H2,1H3;1-2H2. The fourth-order valence-corrected chi connectivity index (χ4v) is 0.580. The molecular formula is C9H13NO. The molecule has 0 fully saturated rings. The van der Waals surface area contributed by atoms with E-state index in [0.29, 0.717) is 12.5 Å². The monoisotopic (exact) mass is 151 g/mol. The minimum absolute atomic E-state index is 0.678. The van der Waals surface area contributed by atoms with Crippen LogP contribution in [0.5, 0.6) is 5.88 Å². The highest BCUT2D eigenvalue weighted by molar-refractivity contribution is 5.08. The van der Waals surface area contributed by atoms with Gasteiger partial charge in [-0.25, -0.2) is 4.98 Å². The second kappa shape index (κ2) is 6.81. The predicted octanol–water partition coefficient (Wildman–Crippen LogP) is 2.28. The van der Waals surface area contributed by atoms with E-state index >= 15 is 0 Å². The maximum absolute atomic E-state index is 5.09. The van der Waals surface area contributed by atoms with Gasteiger partial charge >= 0.3 is 0 Å². The van der Waals surface area contributed by atoms with Crippen LogP contribution in [0.1, 0.15) is 6.92 Å². The Hall–Kier alpha value is -1.31. The van der Waals surface area contributed by atoms with Gasteiger partial charge in [-0.05, 0) is 13.0 Å². The van der Waals surface area contributed by atoms with Gasteiger partial charge in [-0.3, -0.25) is 0 Å². The quantitative estimate of drug-likeness (QED) is 0.605. The van der Waals surface area contributed by atoms with Gasteiger partial charge < -0.3 is 4.74 Å². The molecule has 0 atom stereocenters. The molecule has 0 aromatic carbocycles. The molecule has 1 heterocycles. The Kier molecular flexibility index (Phi) is 5.99. The summed E-state index contributed by atoms with van der Waals surface area (Å²) in [5.41, 5.74) is 0. The molecule has 11 heavy (non-hydrogen) atoms. The van der Waals surface area contributed by atoms with Crippen LogP contribution in [-0.4, -0.2) is 11.6 Å². The van der Waals surface area contributed by atoms with Gasteiger partial charge in [0.2, 0.25) is 5.88 Å². The highest BCUT2D eigenvalue weighted by Gasteiger charge is 1.85. The first-order valence-corrected chi connectivity index (χ1v) is 3.47. The van der Waals surface area contributed by atoms with E-state index in [1.807, 2.05) is 25.1 Å². The van der Waals surface area contributed by atoms with Crippen molar-refractivity contribution in [2.45, 2.75) is 6.92 Å². The second-order valence-corrected chi connectivity index (χ2v) is 1.60. The van der Waals surface area contributed by atoms with E-state index in [1.165, 1.54) is 0 Å². The molecule has 2 heteroatoms. The van der Waals surface area contributed by atoms with Gasteiger partial charge in [0.05, 0.1) is 6.61 Å². The van der Waals surface area contributed by atoms with Gasteiger partial charge in [-0.15, -0.1) is 13.2 Å². The van der Waals surface area contributed by atoms with Crippen molar-refractivity contribution < 1.29 is 4.74 Å². The summed E-state index contributed by atoms with van der Waals surface area (Å²) in [6, 6.07) is 5.60. The van der Waals surface area contributed by atoms with Gasteiger partial charge in [-0.2, -0.15) is 0 Å². The maximum atomic E-state index is 5.09. The normalized spacial score (nSPS) is 7.73. The summed E-state index contributed by atoms with van der Waals surface area (Å²) < 4.78 is 5.09. The van der Waals surface area contributed by atoms with Crippen molar-refractivity contribution in [3.63, 3.8) is 0 Å². The zero-order chi connectivity index (χ0) is 8.53. The molecule has 0 unspecified atom stereocenters. The lowest BCUT2D eigenvalue weighted by atomic mass is 10.5. The third kappa shape index (κ3) is 4.14. The zero-order valence-corrected chi connectivity index (χ0v) is 6.79. The molecule has 1 aromatic rings. The Labute approximate surface area is 67.5 Å². The number of hydrogen-bond acceptors (Lipinski definition) is 2. The lowest BCUT2D eigenvalue weighted by Gasteiger charge is -1.97. The molecule has 2 nitrogen and oxygen atoms in total. The summed E-state index contributed by atoms with van der Waals surface area (Å²) in [6.07, 6.45) is 1.71. The van der Waals surface area contributed by atoms with Crippen LogP contribution in [0.15, 0.2) is 37.6 Å². The van der Waals surface area contributed by atoms with Crippen LogP contribution in [0.3, 0.4) is 0 Å². The molecule has 0 saturated heterocycles. The van der Waals surface area contributed by atoms with E-state index in [0.717, 1.165) is 0 Å². The Morgan fingerprint density at radius 1 is 1.45 bits per heavy atom. The van der Waals surface area contributed by atoms with Gasteiger partial charge in [0.1, 0.15) is 0 Å². The van der Waals surface area contributed by atoms with Crippen molar-refractivity contribution in [2.75, 3.05) is 6.61 Å². The van der Waals surface area contributed by atoms with Crippen molar-refractivity contribution in [2.24, 2.45) is 0 Å². The molecule has 1 aromatic heterocycles. The summed E-state index contributed by atoms with van der Waals surface area (Å²) in [5.74, 6) is 0.694. The molecule has 0 radical (unpaired) electrons. The van der Waals surface area contributed by atoms with Crippen molar-refractivity contribution in [3.05, 3.63) is 37.6 Å².